The van der Waals surface area contributed by atoms with Crippen molar-refractivity contribution in [2.75, 3.05) is 33.9 Å². The van der Waals surface area contributed by atoms with Crippen molar-refractivity contribution in [1.29, 1.82) is 0 Å². The SMILES string of the molecule is CCOC(=O)CN(Cc1nc2cc(OC)c(OC)cc2c(=O)[nH]1)CC1CC1. The first-order chi connectivity index (χ1) is 13.0. The summed E-state index contributed by atoms with van der Waals surface area (Å²) in [5, 5.41) is 0.426. The standard InChI is InChI=1S/C19H25N3O5/c1-4-27-18(23)11-22(9-12-5-6-12)10-17-20-14-8-16(26-3)15(25-2)7-13(14)19(24)21-17/h7-8,12H,4-6,9-11H2,1-3H3,(H,20,21,24). The maximum Gasteiger partial charge on any atom is 0.320 e. The lowest BCUT2D eigenvalue weighted by Gasteiger charge is -2.20. The van der Waals surface area contributed by atoms with E-state index in [1.54, 1.807) is 19.1 Å². The fourth-order valence-corrected chi connectivity index (χ4v) is 3.04. The Morgan fingerprint density at radius 1 is 1.26 bits per heavy atom. The summed E-state index contributed by atoms with van der Waals surface area (Å²) in [6.45, 7) is 3.47. The molecular weight excluding hydrogens is 350 g/mol. The average molecular weight is 375 g/mol. The third kappa shape index (κ3) is 4.77. The molecule has 0 radical (unpaired) electrons. The highest BCUT2D eigenvalue weighted by Crippen LogP contribution is 2.31. The molecule has 0 unspecified atom stereocenters. The molecule has 1 saturated carbocycles. The summed E-state index contributed by atoms with van der Waals surface area (Å²) >= 11 is 0. The highest BCUT2D eigenvalue weighted by Gasteiger charge is 2.26. The molecule has 0 spiro atoms. The van der Waals surface area contributed by atoms with Gasteiger partial charge in [0.15, 0.2) is 11.5 Å². The van der Waals surface area contributed by atoms with Crippen molar-refractivity contribution in [3.8, 4) is 11.5 Å². The number of nitrogens with one attached hydrogen (secondary N) is 1. The molecule has 0 atom stereocenters. The van der Waals surface area contributed by atoms with E-state index in [-0.39, 0.29) is 18.1 Å². The Morgan fingerprint density at radius 3 is 2.59 bits per heavy atom. The zero-order valence-corrected chi connectivity index (χ0v) is 15.9. The van der Waals surface area contributed by atoms with E-state index in [0.717, 1.165) is 19.4 Å². The molecule has 1 N–H and O–H groups in total. The number of carbonyl (C=O) groups excluding carboxylic acids is 1. The lowest BCUT2D eigenvalue weighted by Crippen LogP contribution is -2.33. The van der Waals surface area contributed by atoms with Crippen LogP contribution in [0.1, 0.15) is 25.6 Å². The first kappa shape index (κ1) is 19.2. The molecule has 1 aliphatic carbocycles. The molecule has 0 aliphatic heterocycles. The van der Waals surface area contributed by atoms with Gasteiger partial charge in [0.2, 0.25) is 0 Å². The average Bonchev–Trinajstić information content (AvgIpc) is 3.44. The number of hydrogen-bond acceptors (Lipinski definition) is 7. The molecule has 146 valence electrons. The minimum Gasteiger partial charge on any atom is -0.493 e. The van der Waals surface area contributed by atoms with Gasteiger partial charge in [-0.15, -0.1) is 0 Å². The first-order valence-electron chi connectivity index (χ1n) is 9.07. The van der Waals surface area contributed by atoms with E-state index in [4.69, 9.17) is 14.2 Å². The molecule has 0 amide bonds. The van der Waals surface area contributed by atoms with Crippen molar-refractivity contribution in [2.24, 2.45) is 5.92 Å². The van der Waals surface area contributed by atoms with Crippen molar-refractivity contribution in [2.45, 2.75) is 26.3 Å². The minimum absolute atomic E-state index is 0.179. The predicted octanol–water partition coefficient (Wildman–Crippen LogP) is 1.72. The van der Waals surface area contributed by atoms with Crippen molar-refractivity contribution >= 4 is 16.9 Å². The zero-order valence-electron chi connectivity index (χ0n) is 15.9. The molecule has 2 aromatic rings. The molecule has 1 aromatic carbocycles. The summed E-state index contributed by atoms with van der Waals surface area (Å²) in [6.07, 6.45) is 2.33. The summed E-state index contributed by atoms with van der Waals surface area (Å²) in [5.74, 6) is 1.81. The fourth-order valence-electron chi connectivity index (χ4n) is 3.04. The fraction of sp³-hybridized carbons (Fsp3) is 0.526. The Morgan fingerprint density at radius 2 is 1.96 bits per heavy atom. The molecule has 27 heavy (non-hydrogen) atoms. The third-order valence-corrected chi connectivity index (χ3v) is 4.50. The molecule has 8 heteroatoms. The Bertz CT molecular complexity index is 876. The van der Waals surface area contributed by atoms with E-state index >= 15 is 0 Å². The number of hydrogen-bond donors (Lipinski definition) is 1. The maximum atomic E-state index is 12.5. The summed E-state index contributed by atoms with van der Waals surface area (Å²) in [7, 11) is 3.05. The lowest BCUT2D eigenvalue weighted by atomic mass is 10.2. The molecule has 1 aliphatic rings. The molecule has 0 bridgehead atoms. The third-order valence-electron chi connectivity index (χ3n) is 4.50. The number of aromatic nitrogens is 2. The second-order valence-electron chi connectivity index (χ2n) is 6.65. The number of rotatable bonds is 9. The number of aromatic amines is 1. The number of fused-ring (bicyclic) bond motifs is 1. The molecule has 1 aromatic heterocycles. The number of carbonyl (C=O) groups is 1. The maximum absolute atomic E-state index is 12.5. The Kier molecular flexibility index (Phi) is 5.95. The van der Waals surface area contributed by atoms with Crippen molar-refractivity contribution in [1.82, 2.24) is 14.9 Å². The predicted molar refractivity (Wildman–Crippen MR) is 100 cm³/mol. The van der Waals surface area contributed by atoms with Crippen LogP contribution in [0, 0.1) is 5.92 Å². The van der Waals surface area contributed by atoms with Crippen LogP contribution < -0.4 is 15.0 Å². The Labute approximate surface area is 157 Å². The van der Waals surface area contributed by atoms with E-state index in [2.05, 4.69) is 9.97 Å². The van der Waals surface area contributed by atoms with Crippen LogP contribution in [0.2, 0.25) is 0 Å². The van der Waals surface area contributed by atoms with E-state index in [1.165, 1.54) is 14.2 Å². The largest absolute Gasteiger partial charge is 0.493 e. The van der Waals surface area contributed by atoms with Gasteiger partial charge in [-0.25, -0.2) is 4.98 Å². The monoisotopic (exact) mass is 375 g/mol. The normalized spacial score (nSPS) is 13.8. The van der Waals surface area contributed by atoms with Gasteiger partial charge in [-0.05, 0) is 31.7 Å². The number of methoxy groups -OCH3 is 2. The van der Waals surface area contributed by atoms with E-state index < -0.39 is 0 Å². The summed E-state index contributed by atoms with van der Waals surface area (Å²) in [6, 6.07) is 3.30. The minimum atomic E-state index is -0.271. The second-order valence-corrected chi connectivity index (χ2v) is 6.65. The summed E-state index contributed by atoms with van der Waals surface area (Å²) in [4.78, 5) is 33.7. The highest BCUT2D eigenvalue weighted by atomic mass is 16.5. The summed E-state index contributed by atoms with van der Waals surface area (Å²) in [5.41, 5.74) is 0.271. The van der Waals surface area contributed by atoms with E-state index in [9.17, 15) is 9.59 Å². The molecule has 3 rings (SSSR count). The van der Waals surface area contributed by atoms with Crippen LogP contribution in [0.3, 0.4) is 0 Å². The highest BCUT2D eigenvalue weighted by molar-refractivity contribution is 5.81. The van der Waals surface area contributed by atoms with Gasteiger partial charge < -0.3 is 19.2 Å². The van der Waals surface area contributed by atoms with Crippen LogP contribution in [-0.4, -0.2) is 54.8 Å². The van der Waals surface area contributed by atoms with Gasteiger partial charge in [-0.1, -0.05) is 0 Å². The van der Waals surface area contributed by atoms with Crippen LogP contribution in [0.4, 0.5) is 0 Å². The van der Waals surface area contributed by atoms with Gasteiger partial charge in [0.05, 0.1) is 44.8 Å². The molecule has 0 saturated heterocycles. The van der Waals surface area contributed by atoms with Crippen molar-refractivity contribution in [3.63, 3.8) is 0 Å². The van der Waals surface area contributed by atoms with Gasteiger partial charge in [0.25, 0.3) is 5.56 Å². The smallest absolute Gasteiger partial charge is 0.320 e. The van der Waals surface area contributed by atoms with Crippen LogP contribution in [0.15, 0.2) is 16.9 Å². The van der Waals surface area contributed by atoms with Crippen molar-refractivity contribution in [3.05, 3.63) is 28.3 Å². The number of ether oxygens (including phenoxy) is 3. The lowest BCUT2D eigenvalue weighted by molar-refractivity contribution is -0.144. The van der Waals surface area contributed by atoms with Crippen LogP contribution in [0.5, 0.6) is 11.5 Å². The van der Waals surface area contributed by atoms with Crippen LogP contribution >= 0.6 is 0 Å². The van der Waals surface area contributed by atoms with E-state index in [1.807, 2.05) is 4.90 Å². The van der Waals surface area contributed by atoms with Gasteiger partial charge >= 0.3 is 5.97 Å². The van der Waals surface area contributed by atoms with Crippen LogP contribution in [0.25, 0.3) is 10.9 Å². The Hall–Kier alpha value is -2.61. The molecule has 8 nitrogen and oxygen atoms in total. The number of esters is 1. The van der Waals surface area contributed by atoms with Gasteiger partial charge in [-0.2, -0.15) is 0 Å². The van der Waals surface area contributed by atoms with Gasteiger partial charge in [-0.3, -0.25) is 14.5 Å². The van der Waals surface area contributed by atoms with E-state index in [0.29, 0.717) is 47.3 Å². The van der Waals surface area contributed by atoms with Gasteiger partial charge in [0, 0.05) is 12.6 Å². The van der Waals surface area contributed by atoms with Crippen LogP contribution in [-0.2, 0) is 16.1 Å². The number of H-pyrrole nitrogens is 1. The quantitative estimate of drug-likeness (QED) is 0.667. The second kappa shape index (κ2) is 8.39. The molecular formula is C19H25N3O5. The molecule has 1 heterocycles. The van der Waals surface area contributed by atoms with Crippen molar-refractivity contribution < 1.29 is 19.0 Å². The van der Waals surface area contributed by atoms with Gasteiger partial charge in [0.1, 0.15) is 5.82 Å². The topological polar surface area (TPSA) is 93.8 Å². The zero-order chi connectivity index (χ0) is 19.4. The number of benzene rings is 1. The summed E-state index contributed by atoms with van der Waals surface area (Å²) < 4.78 is 15.6. The number of nitrogens with zero attached hydrogens (tertiary/aromatic N) is 2. The Balaban J connectivity index is 1.87. The first-order valence-corrected chi connectivity index (χ1v) is 9.07. The molecule has 1 fully saturated rings.